The molecule has 1 aromatic carbocycles. The van der Waals surface area contributed by atoms with Crippen molar-refractivity contribution in [1.29, 1.82) is 0 Å². The molecular weight excluding hydrogens is 536 g/mol. The molecular formula is C38H70O3S. The van der Waals surface area contributed by atoms with Crippen molar-refractivity contribution >= 4 is 10.1 Å². The molecule has 246 valence electrons. The van der Waals surface area contributed by atoms with Crippen LogP contribution in [0.1, 0.15) is 204 Å². The van der Waals surface area contributed by atoms with Crippen molar-refractivity contribution in [2.24, 2.45) is 0 Å². The molecule has 0 aliphatic heterocycles. The van der Waals surface area contributed by atoms with Crippen LogP contribution < -0.4 is 0 Å². The number of rotatable bonds is 28. The second-order valence-electron chi connectivity index (χ2n) is 13.0. The standard InChI is InChI=1S/C38H70O3S/c1-6-11-16-18-20-21-22-23-25-27-32-37-35(31-26-24-19-17-12-7-2)33(28-13-8-3)34(29-14-9-4)36(30-15-10-5)38(37)42(39,40)41/h6-32H2,1-5H3,(H,39,40,41). The third kappa shape index (κ3) is 15.2. The number of hydrogen-bond acceptors (Lipinski definition) is 2. The van der Waals surface area contributed by atoms with E-state index in [-0.39, 0.29) is 0 Å². The molecule has 0 saturated carbocycles. The van der Waals surface area contributed by atoms with Gasteiger partial charge in [-0.3, -0.25) is 4.55 Å². The number of benzene rings is 1. The van der Waals surface area contributed by atoms with E-state index in [0.29, 0.717) is 4.90 Å². The Morgan fingerprint density at radius 1 is 0.357 bits per heavy atom. The summed E-state index contributed by atoms with van der Waals surface area (Å²) in [6.07, 6.45) is 31.0. The molecule has 0 atom stereocenters. The number of hydrogen-bond donors (Lipinski definition) is 1. The van der Waals surface area contributed by atoms with Crippen LogP contribution in [0.15, 0.2) is 4.90 Å². The molecule has 0 amide bonds. The maximum absolute atomic E-state index is 13.2. The van der Waals surface area contributed by atoms with E-state index in [0.717, 1.165) is 101 Å². The summed E-state index contributed by atoms with van der Waals surface area (Å²) in [5, 5.41) is 0. The van der Waals surface area contributed by atoms with E-state index in [2.05, 4.69) is 34.6 Å². The molecule has 0 aromatic heterocycles. The van der Waals surface area contributed by atoms with Crippen molar-refractivity contribution in [1.82, 2.24) is 0 Å². The van der Waals surface area contributed by atoms with Crippen LogP contribution >= 0.6 is 0 Å². The molecule has 0 radical (unpaired) electrons. The van der Waals surface area contributed by atoms with Gasteiger partial charge < -0.3 is 0 Å². The smallest absolute Gasteiger partial charge is 0.282 e. The minimum atomic E-state index is -4.31. The Bertz CT molecular complexity index is 919. The van der Waals surface area contributed by atoms with E-state index in [1.807, 2.05) is 0 Å². The van der Waals surface area contributed by atoms with E-state index >= 15 is 0 Å². The van der Waals surface area contributed by atoms with Gasteiger partial charge >= 0.3 is 0 Å². The van der Waals surface area contributed by atoms with E-state index in [1.54, 1.807) is 0 Å². The molecule has 0 heterocycles. The molecule has 0 fully saturated rings. The van der Waals surface area contributed by atoms with Crippen molar-refractivity contribution < 1.29 is 13.0 Å². The molecule has 1 rings (SSSR count). The molecule has 0 saturated heterocycles. The van der Waals surface area contributed by atoms with Gasteiger partial charge in [0, 0.05) is 0 Å². The van der Waals surface area contributed by atoms with Gasteiger partial charge in [-0.15, -0.1) is 0 Å². The quantitative estimate of drug-likeness (QED) is 0.0762. The summed E-state index contributed by atoms with van der Waals surface area (Å²) in [5.74, 6) is 0. The van der Waals surface area contributed by atoms with Gasteiger partial charge in [0.2, 0.25) is 0 Å². The molecule has 3 nitrogen and oxygen atoms in total. The fourth-order valence-electron chi connectivity index (χ4n) is 6.68. The highest BCUT2D eigenvalue weighted by Gasteiger charge is 2.28. The molecule has 0 aliphatic carbocycles. The second kappa shape index (κ2) is 24.5. The van der Waals surface area contributed by atoms with Crippen LogP contribution in [0, 0.1) is 0 Å². The first-order valence-electron chi connectivity index (χ1n) is 18.5. The average Bonchev–Trinajstić information content (AvgIpc) is 2.96. The van der Waals surface area contributed by atoms with Gasteiger partial charge in [-0.2, -0.15) is 8.42 Å². The Morgan fingerprint density at radius 2 is 0.595 bits per heavy atom. The van der Waals surface area contributed by atoms with E-state index in [1.165, 1.54) is 100 Å². The molecule has 0 unspecified atom stereocenters. The predicted octanol–water partition coefficient (Wildman–Crippen LogP) is 12.3. The Balaban J connectivity index is 3.40. The molecule has 0 spiro atoms. The average molecular weight is 607 g/mol. The van der Waals surface area contributed by atoms with Crippen molar-refractivity contribution in [3.05, 3.63) is 27.8 Å². The van der Waals surface area contributed by atoms with Crippen LogP contribution in [0.25, 0.3) is 0 Å². The maximum Gasteiger partial charge on any atom is 0.295 e. The van der Waals surface area contributed by atoms with Crippen molar-refractivity contribution in [2.45, 2.75) is 213 Å². The minimum Gasteiger partial charge on any atom is -0.282 e. The van der Waals surface area contributed by atoms with Gasteiger partial charge in [-0.1, -0.05) is 144 Å². The Morgan fingerprint density at radius 3 is 0.929 bits per heavy atom. The van der Waals surface area contributed by atoms with Gasteiger partial charge in [-0.25, -0.2) is 0 Å². The first-order chi connectivity index (χ1) is 20.4. The maximum atomic E-state index is 13.2. The van der Waals surface area contributed by atoms with Gasteiger partial charge in [-0.05, 0) is 92.0 Å². The zero-order valence-electron chi connectivity index (χ0n) is 28.8. The highest BCUT2D eigenvalue weighted by Crippen LogP contribution is 2.37. The molecule has 1 aromatic rings. The molecule has 42 heavy (non-hydrogen) atoms. The van der Waals surface area contributed by atoms with Crippen LogP contribution in [0.4, 0.5) is 0 Å². The van der Waals surface area contributed by atoms with Crippen LogP contribution in [0.5, 0.6) is 0 Å². The lowest BCUT2D eigenvalue weighted by Crippen LogP contribution is -2.18. The third-order valence-corrected chi connectivity index (χ3v) is 10.2. The van der Waals surface area contributed by atoms with Crippen LogP contribution in [0.2, 0.25) is 0 Å². The largest absolute Gasteiger partial charge is 0.295 e. The summed E-state index contributed by atoms with van der Waals surface area (Å²) in [5.41, 5.74) is 5.99. The Hall–Kier alpha value is -0.870. The van der Waals surface area contributed by atoms with Crippen LogP contribution in [0.3, 0.4) is 0 Å². The van der Waals surface area contributed by atoms with Gasteiger partial charge in [0.1, 0.15) is 4.90 Å². The predicted molar refractivity (Wildman–Crippen MR) is 185 cm³/mol. The van der Waals surface area contributed by atoms with Crippen LogP contribution in [-0.2, 0) is 42.2 Å². The fraction of sp³-hybridized carbons (Fsp3) is 0.842. The van der Waals surface area contributed by atoms with Crippen molar-refractivity contribution in [2.75, 3.05) is 0 Å². The van der Waals surface area contributed by atoms with Gasteiger partial charge in [0.25, 0.3) is 10.1 Å². The SMILES string of the molecule is CCCCCCCCCCCCc1c(CCCCCCCC)c(CCCC)c(CCCC)c(CCCC)c1S(=O)(=O)O. The third-order valence-electron chi connectivity index (χ3n) is 9.16. The monoisotopic (exact) mass is 607 g/mol. The zero-order valence-corrected chi connectivity index (χ0v) is 29.6. The summed E-state index contributed by atoms with van der Waals surface area (Å²) in [6.45, 7) is 11.2. The Labute approximate surface area is 263 Å². The van der Waals surface area contributed by atoms with Crippen molar-refractivity contribution in [3.63, 3.8) is 0 Å². The molecule has 0 aliphatic rings. The lowest BCUT2D eigenvalue weighted by atomic mass is 9.81. The van der Waals surface area contributed by atoms with Gasteiger partial charge in [0.05, 0.1) is 0 Å². The highest BCUT2D eigenvalue weighted by atomic mass is 32.2. The summed E-state index contributed by atoms with van der Waals surface area (Å²) in [4.78, 5) is 0.319. The highest BCUT2D eigenvalue weighted by molar-refractivity contribution is 7.86. The normalized spacial score (nSPS) is 12.0. The second-order valence-corrected chi connectivity index (χ2v) is 14.3. The molecule has 4 heteroatoms. The minimum absolute atomic E-state index is 0.319. The Kier molecular flexibility index (Phi) is 22.8. The lowest BCUT2D eigenvalue weighted by Gasteiger charge is -2.26. The summed E-state index contributed by atoms with van der Waals surface area (Å²) in [7, 11) is -4.31. The first kappa shape index (κ1) is 39.2. The lowest BCUT2D eigenvalue weighted by molar-refractivity contribution is 0.479. The summed E-state index contributed by atoms with van der Waals surface area (Å²) in [6, 6.07) is 0. The van der Waals surface area contributed by atoms with E-state index in [9.17, 15) is 13.0 Å². The number of unbranched alkanes of at least 4 members (excludes halogenated alkanes) is 17. The summed E-state index contributed by atoms with van der Waals surface area (Å²) >= 11 is 0. The van der Waals surface area contributed by atoms with E-state index in [4.69, 9.17) is 0 Å². The van der Waals surface area contributed by atoms with E-state index < -0.39 is 10.1 Å². The van der Waals surface area contributed by atoms with Crippen LogP contribution in [-0.4, -0.2) is 13.0 Å². The topological polar surface area (TPSA) is 54.4 Å². The van der Waals surface area contributed by atoms with Gasteiger partial charge in [0.15, 0.2) is 0 Å². The fourth-order valence-corrected chi connectivity index (χ4v) is 7.75. The molecule has 0 bridgehead atoms. The summed E-state index contributed by atoms with van der Waals surface area (Å²) < 4.78 is 37.2. The zero-order chi connectivity index (χ0) is 31.1. The first-order valence-corrected chi connectivity index (χ1v) is 20.0. The van der Waals surface area contributed by atoms with Crippen molar-refractivity contribution in [3.8, 4) is 0 Å². The molecule has 1 N–H and O–H groups in total.